The number of carbonyl (C=O) groups excluding carboxylic acids is 8. The summed E-state index contributed by atoms with van der Waals surface area (Å²) >= 11 is 2.47. The van der Waals surface area contributed by atoms with E-state index in [4.69, 9.17) is 4.74 Å². The maximum Gasteiger partial charge on any atom is 0.399 e. The summed E-state index contributed by atoms with van der Waals surface area (Å²) in [5.74, 6) is -4.11. The lowest BCUT2D eigenvalue weighted by Gasteiger charge is -2.45. The molecule has 5 aromatic rings. The monoisotopic (exact) mass is 1330 g/mol. The van der Waals surface area contributed by atoms with Gasteiger partial charge in [0, 0.05) is 55.8 Å². The second kappa shape index (κ2) is 29.9. The van der Waals surface area contributed by atoms with Crippen LogP contribution in [0.5, 0.6) is 0 Å². The second-order valence-corrected chi connectivity index (χ2v) is 29.7. The zero-order chi connectivity index (χ0) is 67.0. The molecule has 7 N–H and O–H groups in total. The van der Waals surface area contributed by atoms with Crippen LogP contribution < -0.4 is 21.3 Å². The number of aromatic nitrogens is 1. The molecule has 0 saturated carbocycles. The number of rotatable bonds is 23. The van der Waals surface area contributed by atoms with Crippen molar-refractivity contribution in [3.05, 3.63) is 112 Å². The highest BCUT2D eigenvalue weighted by molar-refractivity contribution is 7.52. The number of hydrogen-bond donors (Lipinski definition) is 7. The van der Waals surface area contributed by atoms with E-state index in [9.17, 15) is 66.6 Å². The SMILES string of the molecule is Cc1ncsc1-c1ccc([C@H](C)NC(=O)[C@@H]2C[C@@H](O)CN2C(=O)[C@@H](NC(=O)CCCCCCCNC(=O)CC(=O)N2CCN(C(=O)[C@@H](NC(=O)c3cc4cc(C(F)(F)P(=O)(O)O)ccc4s3)C(C)(C)C)[C@H](C(=O)N3CCO[C@H](c4ccccc4)C3)C2)C(C)(C)C)cc1. The number of piperazine rings is 1. The molecule has 0 bridgehead atoms. The van der Waals surface area contributed by atoms with Gasteiger partial charge in [-0.1, -0.05) is 121 Å². The van der Waals surface area contributed by atoms with Gasteiger partial charge < -0.3 is 60.5 Å². The van der Waals surface area contributed by atoms with Crippen molar-refractivity contribution in [1.82, 2.24) is 45.9 Å². The molecule has 3 aliphatic heterocycles. The molecule has 0 spiro atoms. The summed E-state index contributed by atoms with van der Waals surface area (Å²) in [6.07, 6.45) is 1.48. The first-order valence-corrected chi connectivity index (χ1v) is 34.3. The number of alkyl halides is 2. The summed E-state index contributed by atoms with van der Waals surface area (Å²) < 4.78 is 47.3. The molecule has 92 heavy (non-hydrogen) atoms. The topological polar surface area (TPSA) is 298 Å². The van der Waals surface area contributed by atoms with Crippen LogP contribution in [-0.4, -0.2) is 169 Å². The number of nitrogens with one attached hydrogen (secondary N) is 4. The number of aliphatic hydroxyl groups excluding tert-OH is 1. The Labute approximate surface area is 542 Å². The number of nitrogens with zero attached hydrogens (tertiary/aromatic N) is 5. The van der Waals surface area contributed by atoms with Crippen LogP contribution >= 0.6 is 30.3 Å². The predicted octanol–water partition coefficient (Wildman–Crippen LogP) is 7.56. The molecule has 2 aromatic heterocycles. The van der Waals surface area contributed by atoms with Gasteiger partial charge in [0.15, 0.2) is 0 Å². The Bertz CT molecular complexity index is 3540. The van der Waals surface area contributed by atoms with Crippen molar-refractivity contribution in [2.45, 2.75) is 155 Å². The number of halogens is 2. The molecule has 8 amide bonds. The van der Waals surface area contributed by atoms with Gasteiger partial charge in [0.1, 0.15) is 36.7 Å². The Morgan fingerprint density at radius 3 is 2.08 bits per heavy atom. The molecule has 3 saturated heterocycles. The van der Waals surface area contributed by atoms with Crippen LogP contribution in [0.25, 0.3) is 20.5 Å². The van der Waals surface area contributed by atoms with Crippen molar-refractivity contribution in [2.24, 2.45) is 10.8 Å². The van der Waals surface area contributed by atoms with E-state index in [1.807, 2.05) is 89.2 Å². The van der Waals surface area contributed by atoms with Crippen LogP contribution in [0.1, 0.15) is 144 Å². The fourth-order valence-corrected chi connectivity index (χ4v) is 13.9. The molecule has 498 valence electrons. The normalized spacial score (nSPS) is 19.3. The number of benzene rings is 3. The van der Waals surface area contributed by atoms with E-state index in [-0.39, 0.29) is 87.5 Å². The van der Waals surface area contributed by atoms with Crippen LogP contribution in [-0.2, 0) is 48.5 Å². The number of β-amino-alcohol motifs (C(OH)–C–C–N with tert-alkyl or cyclic N) is 1. The maximum atomic E-state index is 14.9. The van der Waals surface area contributed by atoms with Crippen molar-refractivity contribution in [3.63, 3.8) is 0 Å². The molecule has 3 aliphatic rings. The van der Waals surface area contributed by atoms with Gasteiger partial charge >= 0.3 is 13.3 Å². The Morgan fingerprint density at radius 1 is 0.750 bits per heavy atom. The van der Waals surface area contributed by atoms with E-state index in [1.165, 1.54) is 26.8 Å². The van der Waals surface area contributed by atoms with Crippen LogP contribution in [0.15, 0.2) is 84.4 Å². The van der Waals surface area contributed by atoms with Gasteiger partial charge in [0.25, 0.3) is 5.91 Å². The summed E-state index contributed by atoms with van der Waals surface area (Å²) in [6.45, 7) is 14.7. The number of ether oxygens (including phenoxy) is 1. The highest BCUT2D eigenvalue weighted by Gasteiger charge is 2.51. The summed E-state index contributed by atoms with van der Waals surface area (Å²) in [4.78, 5) is 142. The van der Waals surface area contributed by atoms with E-state index in [1.54, 1.807) is 42.5 Å². The highest BCUT2D eigenvalue weighted by Crippen LogP contribution is 2.59. The van der Waals surface area contributed by atoms with Crippen LogP contribution in [0.2, 0.25) is 0 Å². The van der Waals surface area contributed by atoms with Gasteiger partial charge in [-0.3, -0.25) is 42.9 Å². The third kappa shape index (κ3) is 17.4. The number of thiazole rings is 1. The lowest BCUT2D eigenvalue weighted by Crippen LogP contribution is -2.66. The minimum absolute atomic E-state index is 0.0209. The first-order chi connectivity index (χ1) is 43.3. The first kappa shape index (κ1) is 70.8. The molecule has 7 atom stereocenters. The maximum absolute atomic E-state index is 14.9. The molecule has 5 heterocycles. The number of fused-ring (bicyclic) bond motifs is 1. The van der Waals surface area contributed by atoms with E-state index in [0.29, 0.717) is 30.4 Å². The Kier molecular flexibility index (Phi) is 23.0. The standard InChI is InChI=1S/C65H84F2N9O13PS2/c1-39(41-20-22-43(23-21-41)55-40(2)69-38-91-55)70-58(81)47-33-46(77)35-76(47)62(85)56(63(3,4)5)71-52(78)19-15-10-9-11-16-26-68-53(79)34-54(80)73-27-28-75(48(36-73)60(83)74-29-30-89-49(37-74)42-17-13-12-14-18-42)61(84)57(64(6,7)8)72-59(82)51-32-44-31-45(24-25-50(44)92-51)65(66,67)90(86,87)88/h12-14,17-18,20-25,31-32,38-39,46-49,56-57,77H,9-11,15-16,19,26-30,33-37H2,1-8H3,(H,68,79)(H,70,81)(H,71,78)(H,72,82)(H2,86,87,88)/t39-,46+,47-,48-,49-,56+,57+/m0/s1. The summed E-state index contributed by atoms with van der Waals surface area (Å²) in [6, 6.07) is 16.6. The average molecular weight is 1330 g/mol. The number of aryl methyl sites for hydroxylation is 1. The molecule has 3 aromatic carbocycles. The van der Waals surface area contributed by atoms with Gasteiger partial charge in [-0.15, -0.1) is 22.7 Å². The van der Waals surface area contributed by atoms with Gasteiger partial charge in [-0.05, 0) is 77.8 Å². The van der Waals surface area contributed by atoms with Gasteiger partial charge in [-0.2, -0.15) is 8.78 Å². The average Bonchev–Trinajstić information content (AvgIpc) is 1.28. The molecule has 0 radical (unpaired) electrons. The van der Waals surface area contributed by atoms with Crippen molar-refractivity contribution >= 4 is 87.6 Å². The number of hydrogen-bond acceptors (Lipinski definition) is 14. The van der Waals surface area contributed by atoms with Crippen molar-refractivity contribution in [1.29, 1.82) is 0 Å². The van der Waals surface area contributed by atoms with Crippen molar-refractivity contribution in [3.8, 4) is 10.4 Å². The Morgan fingerprint density at radius 2 is 1.41 bits per heavy atom. The predicted molar refractivity (Wildman–Crippen MR) is 344 cm³/mol. The minimum Gasteiger partial charge on any atom is -0.391 e. The summed E-state index contributed by atoms with van der Waals surface area (Å²) in [5, 5.41) is 22.4. The third-order valence-corrected chi connectivity index (χ3v) is 20.0. The Balaban J connectivity index is 0.810. The van der Waals surface area contributed by atoms with Crippen molar-refractivity contribution < 1.29 is 71.3 Å². The van der Waals surface area contributed by atoms with E-state index >= 15 is 0 Å². The van der Waals surface area contributed by atoms with Crippen molar-refractivity contribution in [2.75, 3.05) is 52.4 Å². The third-order valence-electron chi connectivity index (χ3n) is 17.0. The number of likely N-dealkylation sites (tertiary alicyclic amines) is 1. The summed E-state index contributed by atoms with van der Waals surface area (Å²) in [5.41, 5.74) is -1.66. The molecule has 22 nitrogen and oxygen atoms in total. The number of aliphatic hydroxyl groups is 1. The van der Waals surface area contributed by atoms with E-state index < -0.39 is 114 Å². The Hall–Kier alpha value is -7.06. The largest absolute Gasteiger partial charge is 0.399 e. The number of morpholine rings is 1. The molecule has 8 rings (SSSR count). The fourth-order valence-electron chi connectivity index (χ4n) is 11.7. The number of thiophene rings is 1. The lowest BCUT2D eigenvalue weighted by molar-refractivity contribution is -0.158. The first-order valence-electron chi connectivity index (χ1n) is 31.0. The molecular formula is C65H84F2N9O13PS2. The van der Waals surface area contributed by atoms with Crippen LogP contribution in [0, 0.1) is 17.8 Å². The second-order valence-electron chi connectivity index (χ2n) is 26.1. The van der Waals surface area contributed by atoms with Gasteiger partial charge in [-0.25, -0.2) is 4.98 Å². The zero-order valence-electron chi connectivity index (χ0n) is 53.1. The molecule has 0 unspecified atom stereocenters. The molecular weight excluding hydrogens is 1250 g/mol. The number of unbranched alkanes of at least 4 members (excludes halogenated alkanes) is 4. The molecule has 3 fully saturated rings. The van der Waals surface area contributed by atoms with Crippen LogP contribution in [0.3, 0.4) is 0 Å². The smallest absolute Gasteiger partial charge is 0.391 e. The number of amides is 8. The molecule has 0 aliphatic carbocycles. The quantitative estimate of drug-likeness (QED) is 0.0189. The van der Waals surface area contributed by atoms with Gasteiger partial charge in [0.05, 0.1) is 52.8 Å². The minimum atomic E-state index is -5.88. The molecule has 27 heteroatoms. The lowest BCUT2D eigenvalue weighted by atomic mass is 9.85. The summed E-state index contributed by atoms with van der Waals surface area (Å²) in [7, 11) is -5.88. The fraction of sp³-hybridized carbons (Fsp3) is 0.523. The van der Waals surface area contributed by atoms with E-state index in [2.05, 4.69) is 26.3 Å². The van der Waals surface area contributed by atoms with Crippen LogP contribution in [0.4, 0.5) is 8.78 Å². The highest BCUT2D eigenvalue weighted by atomic mass is 32.1. The van der Waals surface area contributed by atoms with E-state index in [0.717, 1.165) is 57.2 Å². The number of carbonyl (C=O) groups is 8. The zero-order valence-corrected chi connectivity index (χ0v) is 55.6. The van der Waals surface area contributed by atoms with Gasteiger partial charge in [0.2, 0.25) is 41.4 Å².